The maximum absolute atomic E-state index is 13.1. The Kier molecular flexibility index (Phi) is 6.68. The van der Waals surface area contributed by atoms with Gasteiger partial charge in [0.25, 0.3) is 5.91 Å². The van der Waals surface area contributed by atoms with Crippen LogP contribution in [0.5, 0.6) is 0 Å². The number of ether oxygens (including phenoxy) is 1. The lowest BCUT2D eigenvalue weighted by molar-refractivity contribution is -0.157. The number of carbonyl (C=O) groups is 1. The number of halogens is 1. The van der Waals surface area contributed by atoms with E-state index in [-0.39, 0.29) is 24.3 Å². The van der Waals surface area contributed by atoms with Crippen molar-refractivity contribution in [3.8, 4) is 0 Å². The molecule has 0 radical (unpaired) electrons. The summed E-state index contributed by atoms with van der Waals surface area (Å²) in [5.41, 5.74) is -0.287. The van der Waals surface area contributed by atoms with Gasteiger partial charge in [0.1, 0.15) is 5.82 Å². The molecule has 0 saturated carbocycles. The van der Waals surface area contributed by atoms with Crippen molar-refractivity contribution in [1.29, 1.82) is 0 Å². The second-order valence-electron chi connectivity index (χ2n) is 7.54. The van der Waals surface area contributed by atoms with E-state index in [1.54, 1.807) is 24.1 Å². The third-order valence-corrected chi connectivity index (χ3v) is 5.64. The zero-order valence-electron chi connectivity index (χ0n) is 16.0. The summed E-state index contributed by atoms with van der Waals surface area (Å²) < 4.78 is 18.1. The average Bonchev–Trinajstić information content (AvgIpc) is 2.69. The Labute approximate surface area is 160 Å². The highest BCUT2D eigenvalue weighted by molar-refractivity contribution is 5.86. The number of hydrogen-bond acceptors (Lipinski definition) is 5. The van der Waals surface area contributed by atoms with Gasteiger partial charge in [0, 0.05) is 51.6 Å². The molecular formula is C20H30FN3O3. The molecule has 3 rings (SSSR count). The second kappa shape index (κ2) is 8.99. The number of anilines is 1. The van der Waals surface area contributed by atoms with E-state index in [0.29, 0.717) is 26.1 Å². The van der Waals surface area contributed by atoms with Gasteiger partial charge in [-0.1, -0.05) is 0 Å². The molecule has 2 fully saturated rings. The van der Waals surface area contributed by atoms with E-state index in [2.05, 4.69) is 10.2 Å². The van der Waals surface area contributed by atoms with Crippen LogP contribution in [0.2, 0.25) is 0 Å². The fraction of sp³-hybridized carbons (Fsp3) is 0.650. The van der Waals surface area contributed by atoms with E-state index in [0.717, 1.165) is 38.0 Å². The monoisotopic (exact) mass is 379 g/mol. The molecule has 1 aromatic rings. The van der Waals surface area contributed by atoms with Gasteiger partial charge in [0.05, 0.1) is 6.61 Å². The first-order valence-electron chi connectivity index (χ1n) is 9.76. The summed E-state index contributed by atoms with van der Waals surface area (Å²) in [6.07, 6.45) is 3.15. The lowest BCUT2D eigenvalue weighted by atomic mass is 9.91. The van der Waals surface area contributed by atoms with Crippen LogP contribution in [0, 0.1) is 5.82 Å². The van der Waals surface area contributed by atoms with Gasteiger partial charge in [-0.25, -0.2) is 4.39 Å². The zero-order chi connectivity index (χ0) is 19.3. The number of amides is 1. The Hall–Kier alpha value is -1.70. The molecule has 2 aliphatic heterocycles. The smallest absolute Gasteiger partial charge is 0.255 e. The van der Waals surface area contributed by atoms with E-state index < -0.39 is 5.60 Å². The van der Waals surface area contributed by atoms with E-state index in [1.165, 1.54) is 12.1 Å². The van der Waals surface area contributed by atoms with Crippen LogP contribution in [-0.2, 0) is 9.53 Å². The second-order valence-corrected chi connectivity index (χ2v) is 7.54. The van der Waals surface area contributed by atoms with Crippen LogP contribution in [0.15, 0.2) is 24.3 Å². The highest BCUT2D eigenvalue weighted by atomic mass is 19.1. The van der Waals surface area contributed by atoms with Gasteiger partial charge in [-0.3, -0.25) is 4.79 Å². The molecular weight excluding hydrogens is 349 g/mol. The SMILES string of the molecule is COCCN1CCCC(O)(CNC2CCN(c3ccc(F)cc3)CC2)C1=O. The van der Waals surface area contributed by atoms with Crippen LogP contribution in [0.4, 0.5) is 10.1 Å². The summed E-state index contributed by atoms with van der Waals surface area (Å²) in [5.74, 6) is -0.415. The van der Waals surface area contributed by atoms with Crippen molar-refractivity contribution in [1.82, 2.24) is 10.2 Å². The Morgan fingerprint density at radius 2 is 1.96 bits per heavy atom. The Bertz CT molecular complexity index is 619. The summed E-state index contributed by atoms with van der Waals surface area (Å²) in [4.78, 5) is 16.6. The molecule has 6 nitrogen and oxygen atoms in total. The Morgan fingerprint density at radius 1 is 1.26 bits per heavy atom. The molecule has 7 heteroatoms. The molecule has 27 heavy (non-hydrogen) atoms. The summed E-state index contributed by atoms with van der Waals surface area (Å²) in [5, 5.41) is 14.3. The van der Waals surface area contributed by atoms with Crippen molar-refractivity contribution in [2.24, 2.45) is 0 Å². The minimum atomic E-state index is -1.32. The number of methoxy groups -OCH3 is 1. The molecule has 0 aliphatic carbocycles. The predicted molar refractivity (Wildman–Crippen MR) is 102 cm³/mol. The maximum atomic E-state index is 13.1. The van der Waals surface area contributed by atoms with E-state index in [9.17, 15) is 14.3 Å². The molecule has 150 valence electrons. The van der Waals surface area contributed by atoms with Crippen molar-refractivity contribution in [3.63, 3.8) is 0 Å². The molecule has 2 aliphatic rings. The molecule has 0 bridgehead atoms. The molecule has 1 aromatic carbocycles. The largest absolute Gasteiger partial charge is 0.383 e. The summed E-state index contributed by atoms with van der Waals surface area (Å²) in [6, 6.07) is 6.86. The van der Waals surface area contributed by atoms with Gasteiger partial charge in [-0.2, -0.15) is 0 Å². The van der Waals surface area contributed by atoms with Crippen molar-refractivity contribution >= 4 is 11.6 Å². The number of piperidine rings is 2. The van der Waals surface area contributed by atoms with E-state index in [1.807, 2.05) is 0 Å². The van der Waals surface area contributed by atoms with Crippen LogP contribution in [0.25, 0.3) is 0 Å². The fourth-order valence-corrected chi connectivity index (χ4v) is 3.95. The molecule has 2 heterocycles. The minimum Gasteiger partial charge on any atom is -0.383 e. The lowest BCUT2D eigenvalue weighted by Gasteiger charge is -2.40. The highest BCUT2D eigenvalue weighted by Gasteiger charge is 2.42. The van der Waals surface area contributed by atoms with E-state index >= 15 is 0 Å². The van der Waals surface area contributed by atoms with E-state index in [4.69, 9.17) is 4.74 Å². The molecule has 2 saturated heterocycles. The third kappa shape index (κ3) is 4.97. The zero-order valence-corrected chi connectivity index (χ0v) is 16.0. The predicted octanol–water partition coefficient (Wildman–Crippen LogP) is 1.38. The van der Waals surface area contributed by atoms with Crippen molar-refractivity contribution < 1.29 is 19.0 Å². The molecule has 2 N–H and O–H groups in total. The van der Waals surface area contributed by atoms with Gasteiger partial charge in [0.15, 0.2) is 5.60 Å². The topological polar surface area (TPSA) is 65.0 Å². The van der Waals surface area contributed by atoms with Gasteiger partial charge in [0.2, 0.25) is 0 Å². The first-order valence-corrected chi connectivity index (χ1v) is 9.76. The molecule has 0 aromatic heterocycles. The van der Waals surface area contributed by atoms with Gasteiger partial charge in [-0.15, -0.1) is 0 Å². The highest BCUT2D eigenvalue weighted by Crippen LogP contribution is 2.24. The Balaban J connectivity index is 1.47. The van der Waals surface area contributed by atoms with Gasteiger partial charge >= 0.3 is 0 Å². The van der Waals surface area contributed by atoms with Crippen molar-refractivity contribution in [2.45, 2.75) is 37.3 Å². The summed E-state index contributed by atoms with van der Waals surface area (Å²) in [7, 11) is 1.61. The normalized spacial score (nSPS) is 24.5. The third-order valence-electron chi connectivity index (χ3n) is 5.64. The minimum absolute atomic E-state index is 0.193. The number of aliphatic hydroxyl groups is 1. The van der Waals surface area contributed by atoms with Gasteiger partial charge < -0.3 is 25.0 Å². The summed E-state index contributed by atoms with van der Waals surface area (Å²) in [6.45, 7) is 3.72. The molecule has 1 atom stereocenters. The standard InChI is InChI=1S/C20H30FN3O3/c1-27-14-13-24-10-2-9-20(26,19(24)25)15-22-17-7-11-23(12-8-17)18-5-3-16(21)4-6-18/h3-6,17,22,26H,2,7-15H2,1H3. The lowest BCUT2D eigenvalue weighted by Crippen LogP contribution is -2.60. The van der Waals surface area contributed by atoms with Crippen molar-refractivity contribution in [3.05, 3.63) is 30.1 Å². The molecule has 1 unspecified atom stereocenters. The number of likely N-dealkylation sites (tertiary alicyclic amines) is 1. The average molecular weight is 379 g/mol. The van der Waals surface area contributed by atoms with Crippen LogP contribution in [0.1, 0.15) is 25.7 Å². The number of benzene rings is 1. The molecule has 0 spiro atoms. The van der Waals surface area contributed by atoms with Gasteiger partial charge in [-0.05, 0) is 49.9 Å². The first kappa shape index (κ1) is 20.0. The number of hydrogen-bond donors (Lipinski definition) is 2. The van der Waals surface area contributed by atoms with Crippen molar-refractivity contribution in [2.75, 3.05) is 51.3 Å². The van der Waals surface area contributed by atoms with Crippen LogP contribution >= 0.6 is 0 Å². The number of nitrogens with one attached hydrogen (secondary N) is 1. The van der Waals surface area contributed by atoms with Crippen LogP contribution < -0.4 is 10.2 Å². The Morgan fingerprint density at radius 3 is 2.63 bits per heavy atom. The first-order chi connectivity index (χ1) is 13.0. The summed E-state index contributed by atoms with van der Waals surface area (Å²) >= 11 is 0. The number of rotatable bonds is 7. The van der Waals surface area contributed by atoms with Crippen LogP contribution in [-0.4, -0.2) is 74.0 Å². The quantitative estimate of drug-likeness (QED) is 0.750. The number of carbonyl (C=O) groups excluding carboxylic acids is 1. The maximum Gasteiger partial charge on any atom is 0.255 e. The number of nitrogens with zero attached hydrogens (tertiary/aromatic N) is 2. The van der Waals surface area contributed by atoms with Crippen LogP contribution in [0.3, 0.4) is 0 Å². The fourth-order valence-electron chi connectivity index (χ4n) is 3.95. The molecule has 1 amide bonds.